The van der Waals surface area contributed by atoms with Crippen LogP contribution in [0.3, 0.4) is 0 Å². The molecule has 2 fully saturated rings. The van der Waals surface area contributed by atoms with Crippen molar-refractivity contribution in [1.82, 2.24) is 20.2 Å². The first kappa shape index (κ1) is 24.8. The third-order valence-electron chi connectivity index (χ3n) is 6.03. The van der Waals surface area contributed by atoms with Gasteiger partial charge in [-0.25, -0.2) is 23.0 Å². The Kier molecular flexibility index (Phi) is 7.66. The van der Waals surface area contributed by atoms with Crippen molar-refractivity contribution in [2.24, 2.45) is 0 Å². The Balaban J connectivity index is 1.22. The first-order valence-electron chi connectivity index (χ1n) is 10.9. The van der Waals surface area contributed by atoms with Gasteiger partial charge in [0.15, 0.2) is 0 Å². The first-order valence-corrected chi connectivity index (χ1v) is 13.2. The number of carbonyl (C=O) groups excluding carboxylic acids is 1. The summed E-state index contributed by atoms with van der Waals surface area (Å²) in [5.74, 6) is 0. The molecule has 10 nitrogen and oxygen atoms in total. The number of halogens is 2. The van der Waals surface area contributed by atoms with Crippen molar-refractivity contribution in [3.8, 4) is 0 Å². The molecular formula is C21H25Cl2N5O5S. The van der Waals surface area contributed by atoms with Gasteiger partial charge in [-0.2, -0.15) is 5.10 Å². The van der Waals surface area contributed by atoms with E-state index < -0.39 is 21.7 Å². The number of alkyl carbamates (subject to hydrolysis) is 1. The van der Waals surface area contributed by atoms with Gasteiger partial charge in [0.05, 0.1) is 23.3 Å². The van der Waals surface area contributed by atoms with Crippen molar-refractivity contribution >= 4 is 45.0 Å². The number of benzene rings is 1. The average molecular weight is 530 g/mol. The van der Waals surface area contributed by atoms with Crippen LogP contribution < -0.4 is 20.5 Å². The quantitative estimate of drug-likeness (QED) is 0.523. The molecule has 1 aromatic heterocycles. The molecule has 0 bridgehead atoms. The van der Waals surface area contributed by atoms with Gasteiger partial charge in [-0.1, -0.05) is 23.2 Å². The molecule has 0 radical (unpaired) electrons. The maximum atomic E-state index is 12.6. The number of ether oxygens (including phenoxy) is 1. The summed E-state index contributed by atoms with van der Waals surface area (Å²) in [6.07, 6.45) is 3.71. The summed E-state index contributed by atoms with van der Waals surface area (Å²) in [6.45, 7) is 0.999. The molecule has 3 N–H and O–H groups in total. The zero-order valence-corrected chi connectivity index (χ0v) is 20.5. The molecule has 1 saturated carbocycles. The summed E-state index contributed by atoms with van der Waals surface area (Å²) < 4.78 is 33.4. The highest BCUT2D eigenvalue weighted by Crippen LogP contribution is 2.26. The SMILES string of the molecule is O=C(N[C@H]1CC[C@H](NS(=O)(=O)c2ccc(Cl)cc2)CC1)O[C@@H]1CCN(c2cn[nH]c(=O)c2Cl)C1. The fourth-order valence-electron chi connectivity index (χ4n) is 4.25. The third-order valence-corrected chi connectivity index (χ3v) is 8.19. The summed E-state index contributed by atoms with van der Waals surface area (Å²) >= 11 is 11.9. The Bertz CT molecular complexity index is 1180. The van der Waals surface area contributed by atoms with Crippen LogP contribution in [0.15, 0.2) is 40.2 Å². The standard InChI is InChI=1S/C21H25Cl2N5O5S/c22-13-1-7-17(8-2-13)34(31,32)27-15-5-3-14(4-6-15)25-21(30)33-16-9-10-28(12-16)18-11-24-26-20(29)19(18)23/h1-2,7-8,11,14-16,27H,3-6,9-10,12H2,(H,25,30)(H,26,29)/t14-,15-,16-/m1/s1. The molecule has 1 aromatic carbocycles. The fraction of sp³-hybridized carbons (Fsp3) is 0.476. The monoisotopic (exact) mass is 529 g/mol. The Labute approximate surface area is 207 Å². The number of carbonyl (C=O) groups is 1. The second kappa shape index (κ2) is 10.5. The number of nitrogens with zero attached hydrogens (tertiary/aromatic N) is 2. The summed E-state index contributed by atoms with van der Waals surface area (Å²) in [5.41, 5.74) is 0.0450. The Morgan fingerprint density at radius 3 is 2.47 bits per heavy atom. The van der Waals surface area contributed by atoms with E-state index in [4.69, 9.17) is 27.9 Å². The average Bonchev–Trinajstić information content (AvgIpc) is 3.25. The van der Waals surface area contributed by atoms with Gasteiger partial charge in [0.2, 0.25) is 10.0 Å². The molecular weight excluding hydrogens is 505 g/mol. The minimum absolute atomic E-state index is 0.0588. The van der Waals surface area contributed by atoms with Crippen molar-refractivity contribution in [1.29, 1.82) is 0 Å². The Morgan fingerprint density at radius 2 is 1.76 bits per heavy atom. The summed E-state index contributed by atoms with van der Waals surface area (Å²) in [5, 5.41) is 9.45. The van der Waals surface area contributed by atoms with Crippen LogP contribution in [0.1, 0.15) is 32.1 Å². The fourth-order valence-corrected chi connectivity index (χ4v) is 5.89. The van der Waals surface area contributed by atoms with Gasteiger partial charge in [-0.05, 0) is 49.9 Å². The lowest BCUT2D eigenvalue weighted by molar-refractivity contribution is 0.102. The van der Waals surface area contributed by atoms with Crippen LogP contribution in [-0.4, -0.2) is 56.0 Å². The Hall–Kier alpha value is -2.34. The first-order chi connectivity index (χ1) is 16.2. The van der Waals surface area contributed by atoms with Crippen LogP contribution in [0, 0.1) is 0 Å². The van der Waals surface area contributed by atoms with E-state index in [9.17, 15) is 18.0 Å². The predicted molar refractivity (Wildman–Crippen MR) is 128 cm³/mol. The van der Waals surface area contributed by atoms with Gasteiger partial charge < -0.3 is 15.0 Å². The van der Waals surface area contributed by atoms with Crippen molar-refractivity contribution in [3.05, 3.63) is 50.9 Å². The highest BCUT2D eigenvalue weighted by atomic mass is 35.5. The second-order valence-corrected chi connectivity index (χ2v) is 11.0. The molecule has 1 aliphatic carbocycles. The molecule has 2 heterocycles. The number of aromatic amines is 1. The number of amides is 1. The van der Waals surface area contributed by atoms with Gasteiger partial charge in [-0.3, -0.25) is 4.79 Å². The van der Waals surface area contributed by atoms with Crippen LogP contribution in [0.5, 0.6) is 0 Å². The van der Waals surface area contributed by atoms with E-state index in [1.165, 1.54) is 30.5 Å². The number of anilines is 1. The number of aromatic nitrogens is 2. The highest BCUT2D eigenvalue weighted by molar-refractivity contribution is 7.89. The number of H-pyrrole nitrogens is 1. The van der Waals surface area contributed by atoms with Crippen LogP contribution in [0.4, 0.5) is 10.5 Å². The number of rotatable bonds is 6. The maximum Gasteiger partial charge on any atom is 0.407 e. The van der Waals surface area contributed by atoms with Crippen molar-refractivity contribution in [2.75, 3.05) is 18.0 Å². The number of nitrogens with one attached hydrogen (secondary N) is 3. The lowest BCUT2D eigenvalue weighted by atomic mass is 9.92. The second-order valence-electron chi connectivity index (χ2n) is 8.43. The van der Waals surface area contributed by atoms with Crippen molar-refractivity contribution < 1.29 is 17.9 Å². The van der Waals surface area contributed by atoms with Gasteiger partial charge in [-0.15, -0.1) is 0 Å². The topological polar surface area (TPSA) is 133 Å². The zero-order valence-electron chi connectivity index (χ0n) is 18.2. The van der Waals surface area contributed by atoms with Crippen molar-refractivity contribution in [2.45, 2.75) is 55.2 Å². The minimum Gasteiger partial charge on any atom is -0.444 e. The number of hydrogen-bond acceptors (Lipinski definition) is 7. The van der Waals surface area contributed by atoms with Gasteiger partial charge in [0.25, 0.3) is 5.56 Å². The molecule has 13 heteroatoms. The predicted octanol–water partition coefficient (Wildman–Crippen LogP) is 2.67. The van der Waals surface area contributed by atoms with E-state index in [2.05, 4.69) is 20.2 Å². The van der Waals surface area contributed by atoms with E-state index in [0.29, 0.717) is 55.9 Å². The van der Waals surface area contributed by atoms with Crippen LogP contribution in [0.25, 0.3) is 0 Å². The van der Waals surface area contributed by atoms with Gasteiger partial charge >= 0.3 is 6.09 Å². The van der Waals surface area contributed by atoms with E-state index in [0.717, 1.165) is 0 Å². The molecule has 1 aliphatic heterocycles. The molecule has 4 rings (SSSR count). The third kappa shape index (κ3) is 6.01. The van der Waals surface area contributed by atoms with Gasteiger partial charge in [0.1, 0.15) is 11.1 Å². The van der Waals surface area contributed by atoms with E-state index in [1.54, 1.807) is 0 Å². The van der Waals surface area contributed by atoms with Crippen LogP contribution in [-0.2, 0) is 14.8 Å². The summed E-state index contributed by atoms with van der Waals surface area (Å²) in [6, 6.07) is 5.73. The molecule has 0 spiro atoms. The molecule has 2 aromatic rings. The molecule has 0 unspecified atom stereocenters. The summed E-state index contributed by atoms with van der Waals surface area (Å²) in [4.78, 5) is 26.1. The lowest BCUT2D eigenvalue weighted by Gasteiger charge is -2.29. The van der Waals surface area contributed by atoms with Crippen LogP contribution >= 0.6 is 23.2 Å². The number of hydrogen-bond donors (Lipinski definition) is 3. The van der Waals surface area contributed by atoms with Crippen molar-refractivity contribution in [3.63, 3.8) is 0 Å². The van der Waals surface area contributed by atoms with Gasteiger partial charge in [0, 0.05) is 30.1 Å². The zero-order chi connectivity index (χ0) is 24.3. The molecule has 184 valence electrons. The molecule has 1 amide bonds. The maximum absolute atomic E-state index is 12.6. The van der Waals surface area contributed by atoms with E-state index >= 15 is 0 Å². The van der Waals surface area contributed by atoms with E-state index in [1.807, 2.05) is 4.90 Å². The largest absolute Gasteiger partial charge is 0.444 e. The number of sulfonamides is 1. The Morgan fingerprint density at radius 1 is 1.09 bits per heavy atom. The molecule has 1 saturated heterocycles. The lowest BCUT2D eigenvalue weighted by Crippen LogP contribution is -2.44. The summed E-state index contributed by atoms with van der Waals surface area (Å²) in [7, 11) is -3.63. The highest BCUT2D eigenvalue weighted by Gasteiger charge is 2.30. The molecule has 34 heavy (non-hydrogen) atoms. The minimum atomic E-state index is -3.63. The van der Waals surface area contributed by atoms with Crippen LogP contribution in [0.2, 0.25) is 10.0 Å². The molecule has 2 aliphatic rings. The smallest absolute Gasteiger partial charge is 0.407 e. The normalized spacial score (nSPS) is 23.0. The van der Waals surface area contributed by atoms with E-state index in [-0.39, 0.29) is 28.1 Å². The molecule has 1 atom stereocenters.